The fourth-order valence-corrected chi connectivity index (χ4v) is 0.890. The molecule has 0 aliphatic heterocycles. The molecule has 8 heteroatoms. The first-order chi connectivity index (χ1) is 6.62. The molecule has 1 aromatic heterocycles. The first-order valence-electron chi connectivity index (χ1n) is 3.42. The van der Waals surface area contributed by atoms with Crippen LogP contribution in [0.3, 0.4) is 0 Å². The van der Waals surface area contributed by atoms with Crippen molar-refractivity contribution in [3.8, 4) is 0 Å². The minimum Gasteiger partial charge on any atom is -0.228 e. The Hall–Kier alpha value is -1.34. The highest BCUT2D eigenvalue weighted by atomic mass is 19.4. The van der Waals surface area contributed by atoms with Crippen LogP contribution in [0.15, 0.2) is 12.3 Å². The Balaban J connectivity index is 3.41. The molecule has 0 aliphatic rings. The van der Waals surface area contributed by atoms with Crippen molar-refractivity contribution in [1.82, 2.24) is 4.98 Å². The van der Waals surface area contributed by atoms with E-state index in [2.05, 4.69) is 4.98 Å². The lowest BCUT2D eigenvalue weighted by Gasteiger charge is -2.14. The lowest BCUT2D eigenvalue weighted by Crippen LogP contribution is -2.17. The summed E-state index contributed by atoms with van der Waals surface area (Å²) in [7, 11) is 0. The van der Waals surface area contributed by atoms with Crippen LogP contribution in [0.5, 0.6) is 0 Å². The van der Waals surface area contributed by atoms with E-state index in [-0.39, 0.29) is 12.3 Å². The van der Waals surface area contributed by atoms with Crippen LogP contribution in [0.1, 0.15) is 11.1 Å². The summed E-state index contributed by atoms with van der Waals surface area (Å²) in [6, 6.07) is -0.289. The molecule has 1 nitrogen and oxygen atoms in total. The average molecular weight is 233 g/mol. The van der Waals surface area contributed by atoms with E-state index < -0.39 is 29.4 Å². The minimum atomic E-state index is -5.27. The minimum absolute atomic E-state index is 0.182. The Morgan fingerprint density at radius 2 is 1.33 bits per heavy atom. The van der Waals surface area contributed by atoms with E-state index >= 15 is 0 Å². The molecule has 84 valence electrons. The number of alkyl halides is 6. The SMILES string of the molecule is Fc1cc(C(F)(F)F)c(C(F)(F)F)cn1. The van der Waals surface area contributed by atoms with Crippen LogP contribution in [0, 0.1) is 5.95 Å². The lowest BCUT2D eigenvalue weighted by atomic mass is 10.1. The number of aromatic nitrogens is 1. The fourth-order valence-electron chi connectivity index (χ4n) is 0.890. The second-order valence-corrected chi connectivity index (χ2v) is 2.55. The second kappa shape index (κ2) is 3.35. The van der Waals surface area contributed by atoms with Crippen LogP contribution >= 0.6 is 0 Å². The fraction of sp³-hybridized carbons (Fsp3) is 0.286. The van der Waals surface area contributed by atoms with Gasteiger partial charge >= 0.3 is 12.4 Å². The molecule has 0 saturated carbocycles. The van der Waals surface area contributed by atoms with Crippen LogP contribution in [0.2, 0.25) is 0 Å². The maximum atomic E-state index is 12.3. The summed E-state index contributed by atoms with van der Waals surface area (Å²) in [5.74, 6) is -1.62. The topological polar surface area (TPSA) is 12.9 Å². The van der Waals surface area contributed by atoms with Crippen molar-refractivity contribution in [3.05, 3.63) is 29.3 Å². The molecule has 0 fully saturated rings. The highest BCUT2D eigenvalue weighted by Gasteiger charge is 2.43. The zero-order valence-corrected chi connectivity index (χ0v) is 6.75. The molecular formula is C7H2F7N. The van der Waals surface area contributed by atoms with Gasteiger partial charge in [0.1, 0.15) is 0 Å². The number of rotatable bonds is 0. The third kappa shape index (κ3) is 2.57. The summed E-state index contributed by atoms with van der Waals surface area (Å²) in [6.45, 7) is 0. The standard InChI is InChI=1S/C7H2F7N/c8-5-1-3(6(9,10)11)4(2-15-5)7(12,13)14/h1-2H. The highest BCUT2D eigenvalue weighted by Crippen LogP contribution is 2.39. The van der Waals surface area contributed by atoms with E-state index in [9.17, 15) is 30.7 Å². The van der Waals surface area contributed by atoms with Crippen molar-refractivity contribution in [2.45, 2.75) is 12.4 Å². The molecule has 0 saturated heterocycles. The van der Waals surface area contributed by atoms with Gasteiger partial charge < -0.3 is 0 Å². The van der Waals surface area contributed by atoms with Gasteiger partial charge in [-0.3, -0.25) is 0 Å². The third-order valence-electron chi connectivity index (χ3n) is 1.48. The first kappa shape index (κ1) is 11.7. The van der Waals surface area contributed by atoms with Crippen LogP contribution in [0.25, 0.3) is 0 Å². The molecule has 0 spiro atoms. The van der Waals surface area contributed by atoms with Gasteiger partial charge in [-0.1, -0.05) is 0 Å². The Kier molecular flexibility index (Phi) is 2.62. The Morgan fingerprint density at radius 3 is 1.73 bits per heavy atom. The molecule has 0 unspecified atom stereocenters. The van der Waals surface area contributed by atoms with Gasteiger partial charge in [-0.05, 0) is 0 Å². The molecular weight excluding hydrogens is 231 g/mol. The molecule has 1 rings (SSSR count). The molecule has 1 heterocycles. The molecule has 0 N–H and O–H groups in total. The summed E-state index contributed by atoms with van der Waals surface area (Å²) in [4.78, 5) is 2.53. The van der Waals surface area contributed by atoms with Gasteiger partial charge in [-0.25, -0.2) is 4.98 Å². The quantitative estimate of drug-likeness (QED) is 0.495. The van der Waals surface area contributed by atoms with E-state index in [0.717, 1.165) is 0 Å². The average Bonchev–Trinajstić information content (AvgIpc) is 2.00. The number of hydrogen-bond donors (Lipinski definition) is 0. The maximum absolute atomic E-state index is 12.3. The van der Waals surface area contributed by atoms with E-state index in [1.54, 1.807) is 0 Å². The lowest BCUT2D eigenvalue weighted by molar-refractivity contribution is -0.162. The van der Waals surface area contributed by atoms with Crippen molar-refractivity contribution in [3.63, 3.8) is 0 Å². The third-order valence-corrected chi connectivity index (χ3v) is 1.48. The van der Waals surface area contributed by atoms with Crippen molar-refractivity contribution in [2.75, 3.05) is 0 Å². The Bertz CT molecular complexity index is 365. The summed E-state index contributed by atoms with van der Waals surface area (Å²) in [5.41, 5.74) is -4.08. The number of hydrogen-bond acceptors (Lipinski definition) is 1. The highest BCUT2D eigenvalue weighted by molar-refractivity contribution is 5.29. The molecule has 1 aromatic rings. The maximum Gasteiger partial charge on any atom is 0.418 e. The molecule has 0 aliphatic carbocycles. The number of pyridine rings is 1. The predicted molar refractivity (Wildman–Crippen MR) is 34.2 cm³/mol. The van der Waals surface area contributed by atoms with Crippen molar-refractivity contribution in [2.24, 2.45) is 0 Å². The summed E-state index contributed by atoms with van der Waals surface area (Å²) < 4.78 is 84.6. The van der Waals surface area contributed by atoms with Gasteiger partial charge in [-0.15, -0.1) is 0 Å². The second-order valence-electron chi connectivity index (χ2n) is 2.55. The zero-order chi connectivity index (χ0) is 11.9. The zero-order valence-electron chi connectivity index (χ0n) is 6.75. The van der Waals surface area contributed by atoms with Crippen LogP contribution in [0.4, 0.5) is 30.7 Å². The number of halogens is 7. The number of nitrogens with zero attached hydrogens (tertiary/aromatic N) is 1. The van der Waals surface area contributed by atoms with Gasteiger partial charge in [0.15, 0.2) is 0 Å². The van der Waals surface area contributed by atoms with E-state index in [1.165, 1.54) is 0 Å². The van der Waals surface area contributed by atoms with Crippen molar-refractivity contribution < 1.29 is 30.7 Å². The molecule has 0 radical (unpaired) electrons. The summed E-state index contributed by atoms with van der Waals surface area (Å²) in [6.07, 6.45) is -10.7. The van der Waals surface area contributed by atoms with Gasteiger partial charge in [0.2, 0.25) is 5.95 Å². The molecule has 0 amide bonds. The van der Waals surface area contributed by atoms with Gasteiger partial charge in [0.05, 0.1) is 11.1 Å². The summed E-state index contributed by atoms with van der Waals surface area (Å²) in [5, 5.41) is 0. The van der Waals surface area contributed by atoms with Crippen LogP contribution in [-0.2, 0) is 12.4 Å². The van der Waals surface area contributed by atoms with Gasteiger partial charge in [0, 0.05) is 12.3 Å². The van der Waals surface area contributed by atoms with E-state index in [4.69, 9.17) is 0 Å². The van der Waals surface area contributed by atoms with Crippen LogP contribution < -0.4 is 0 Å². The Labute approximate surface area is 78.5 Å². The van der Waals surface area contributed by atoms with Gasteiger partial charge in [0.25, 0.3) is 0 Å². The smallest absolute Gasteiger partial charge is 0.228 e. The largest absolute Gasteiger partial charge is 0.418 e. The molecule has 15 heavy (non-hydrogen) atoms. The normalized spacial score (nSPS) is 13.0. The van der Waals surface area contributed by atoms with Crippen LogP contribution in [-0.4, -0.2) is 4.98 Å². The molecule has 0 atom stereocenters. The molecule has 0 bridgehead atoms. The predicted octanol–water partition coefficient (Wildman–Crippen LogP) is 3.26. The molecule has 0 aromatic carbocycles. The van der Waals surface area contributed by atoms with E-state index in [1.807, 2.05) is 0 Å². The first-order valence-corrected chi connectivity index (χ1v) is 3.42. The monoisotopic (exact) mass is 233 g/mol. The van der Waals surface area contributed by atoms with Crippen molar-refractivity contribution in [1.29, 1.82) is 0 Å². The van der Waals surface area contributed by atoms with E-state index in [0.29, 0.717) is 0 Å². The Morgan fingerprint density at radius 1 is 0.867 bits per heavy atom. The summed E-state index contributed by atoms with van der Waals surface area (Å²) >= 11 is 0. The van der Waals surface area contributed by atoms with Crippen molar-refractivity contribution >= 4 is 0 Å². The van der Waals surface area contributed by atoms with Gasteiger partial charge in [-0.2, -0.15) is 30.7 Å².